The van der Waals surface area contributed by atoms with Gasteiger partial charge in [-0.25, -0.2) is 4.39 Å². The van der Waals surface area contributed by atoms with Crippen molar-refractivity contribution < 1.29 is 8.91 Å². The predicted octanol–water partition coefficient (Wildman–Crippen LogP) is 4.78. The number of aromatic nitrogens is 2. The number of nitrogens with zero attached hydrogens (tertiary/aromatic N) is 2. The molecule has 0 amide bonds. The normalized spacial score (nSPS) is 10.9. The van der Waals surface area contributed by atoms with Crippen LogP contribution in [-0.4, -0.2) is 10.1 Å². The highest BCUT2D eigenvalue weighted by molar-refractivity contribution is 7.98. The summed E-state index contributed by atoms with van der Waals surface area (Å²) in [7, 11) is 0. The zero-order chi connectivity index (χ0) is 15.5. The van der Waals surface area contributed by atoms with Crippen LogP contribution < -0.4 is 0 Å². The van der Waals surface area contributed by atoms with Crippen molar-refractivity contribution >= 4 is 11.8 Å². The first-order valence-corrected chi connectivity index (χ1v) is 7.89. The monoisotopic (exact) mass is 314 g/mol. The van der Waals surface area contributed by atoms with Crippen molar-refractivity contribution in [1.82, 2.24) is 10.1 Å². The molecule has 3 nitrogen and oxygen atoms in total. The van der Waals surface area contributed by atoms with Crippen molar-refractivity contribution in [3.8, 4) is 11.5 Å². The van der Waals surface area contributed by atoms with Crippen molar-refractivity contribution in [3.05, 3.63) is 65.2 Å². The molecule has 0 radical (unpaired) electrons. The Kier molecular flexibility index (Phi) is 4.24. The second kappa shape index (κ2) is 6.32. The molecular formula is C17H15FN2OS. The van der Waals surface area contributed by atoms with Gasteiger partial charge in [0.15, 0.2) is 5.82 Å². The Hall–Kier alpha value is -2.14. The van der Waals surface area contributed by atoms with Crippen LogP contribution in [0, 0.1) is 19.7 Å². The number of thioether (sulfide) groups is 1. The third kappa shape index (κ3) is 3.36. The molecule has 0 unspecified atom stereocenters. The van der Waals surface area contributed by atoms with Gasteiger partial charge in [-0.1, -0.05) is 22.9 Å². The van der Waals surface area contributed by atoms with E-state index in [0.717, 1.165) is 5.56 Å². The largest absolute Gasteiger partial charge is 0.334 e. The lowest BCUT2D eigenvalue weighted by molar-refractivity contribution is 0.425. The minimum atomic E-state index is -0.283. The summed E-state index contributed by atoms with van der Waals surface area (Å²) >= 11 is 1.67. The van der Waals surface area contributed by atoms with Gasteiger partial charge in [0.25, 0.3) is 5.89 Å². The van der Waals surface area contributed by atoms with Crippen LogP contribution >= 0.6 is 11.8 Å². The Labute approximate surface area is 132 Å². The molecule has 0 fully saturated rings. The summed E-state index contributed by atoms with van der Waals surface area (Å²) in [6.45, 7) is 4.17. The molecule has 0 atom stereocenters. The average molecular weight is 314 g/mol. The fourth-order valence-electron chi connectivity index (χ4n) is 2.13. The number of halogens is 1. The molecule has 0 aliphatic carbocycles. The molecule has 0 bridgehead atoms. The molecule has 0 N–H and O–H groups in total. The molecule has 1 aromatic heterocycles. The average Bonchev–Trinajstić information content (AvgIpc) is 2.96. The van der Waals surface area contributed by atoms with Gasteiger partial charge in [-0.3, -0.25) is 0 Å². The lowest BCUT2D eigenvalue weighted by Gasteiger charge is -2.04. The van der Waals surface area contributed by atoms with Gasteiger partial charge < -0.3 is 4.52 Å². The van der Waals surface area contributed by atoms with Crippen LogP contribution in [-0.2, 0) is 5.75 Å². The number of benzene rings is 2. The Morgan fingerprint density at radius 1 is 1.09 bits per heavy atom. The SMILES string of the molecule is Cc1ccc(SCc2noc(-c3ccc(F)cc3)n2)c(C)c1. The smallest absolute Gasteiger partial charge is 0.257 e. The molecule has 3 aromatic rings. The van der Waals surface area contributed by atoms with E-state index in [1.165, 1.54) is 28.2 Å². The highest BCUT2D eigenvalue weighted by atomic mass is 32.2. The molecule has 22 heavy (non-hydrogen) atoms. The molecule has 0 aliphatic rings. The minimum absolute atomic E-state index is 0.283. The summed E-state index contributed by atoms with van der Waals surface area (Å²) < 4.78 is 18.1. The van der Waals surface area contributed by atoms with Crippen molar-refractivity contribution in [2.75, 3.05) is 0 Å². The highest BCUT2D eigenvalue weighted by Gasteiger charge is 2.10. The predicted molar refractivity (Wildman–Crippen MR) is 85.2 cm³/mol. The van der Waals surface area contributed by atoms with Gasteiger partial charge in [0.05, 0.1) is 5.75 Å². The zero-order valence-electron chi connectivity index (χ0n) is 12.3. The second-order valence-electron chi connectivity index (χ2n) is 5.08. The maximum Gasteiger partial charge on any atom is 0.257 e. The fraction of sp³-hybridized carbons (Fsp3) is 0.176. The minimum Gasteiger partial charge on any atom is -0.334 e. The quantitative estimate of drug-likeness (QED) is 0.649. The summed E-state index contributed by atoms with van der Waals surface area (Å²) in [4.78, 5) is 5.56. The van der Waals surface area contributed by atoms with Gasteiger partial charge in [-0.05, 0) is 49.7 Å². The van der Waals surface area contributed by atoms with Crippen molar-refractivity contribution in [2.45, 2.75) is 24.5 Å². The van der Waals surface area contributed by atoms with Gasteiger partial charge in [-0.2, -0.15) is 4.98 Å². The van der Waals surface area contributed by atoms with Gasteiger partial charge in [0.2, 0.25) is 0 Å². The maximum absolute atomic E-state index is 12.9. The Balaban J connectivity index is 1.70. The number of hydrogen-bond donors (Lipinski definition) is 0. The van der Waals surface area contributed by atoms with Gasteiger partial charge >= 0.3 is 0 Å². The zero-order valence-corrected chi connectivity index (χ0v) is 13.2. The van der Waals surface area contributed by atoms with Crippen LogP contribution in [0.25, 0.3) is 11.5 Å². The summed E-state index contributed by atoms with van der Waals surface area (Å²) in [5, 5.41) is 3.98. The molecule has 112 valence electrons. The Bertz CT molecular complexity index is 784. The first kappa shape index (κ1) is 14.8. The summed E-state index contributed by atoms with van der Waals surface area (Å²) in [6.07, 6.45) is 0. The van der Waals surface area contributed by atoms with Crippen LogP contribution in [0.5, 0.6) is 0 Å². The van der Waals surface area contributed by atoms with E-state index < -0.39 is 0 Å². The molecule has 1 heterocycles. The third-order valence-electron chi connectivity index (χ3n) is 3.25. The van der Waals surface area contributed by atoms with E-state index in [4.69, 9.17) is 4.52 Å². The first-order chi connectivity index (χ1) is 10.6. The fourth-order valence-corrected chi connectivity index (χ4v) is 2.98. The maximum atomic E-state index is 12.9. The molecule has 3 rings (SSSR count). The summed E-state index contributed by atoms with van der Waals surface area (Å²) in [5.41, 5.74) is 3.21. The lowest BCUT2D eigenvalue weighted by Crippen LogP contribution is -1.87. The van der Waals surface area contributed by atoms with Crippen LogP contribution in [0.1, 0.15) is 17.0 Å². The van der Waals surface area contributed by atoms with E-state index in [1.807, 2.05) is 0 Å². The number of rotatable bonds is 4. The molecule has 0 saturated heterocycles. The molecule has 0 aliphatic heterocycles. The highest BCUT2D eigenvalue weighted by Crippen LogP contribution is 2.26. The van der Waals surface area contributed by atoms with Crippen molar-refractivity contribution in [1.29, 1.82) is 0 Å². The van der Waals surface area contributed by atoms with Gasteiger partial charge in [0.1, 0.15) is 5.82 Å². The topological polar surface area (TPSA) is 38.9 Å². The van der Waals surface area contributed by atoms with E-state index >= 15 is 0 Å². The van der Waals surface area contributed by atoms with E-state index in [1.54, 1.807) is 23.9 Å². The van der Waals surface area contributed by atoms with E-state index in [-0.39, 0.29) is 5.82 Å². The first-order valence-electron chi connectivity index (χ1n) is 6.90. The number of aryl methyl sites for hydroxylation is 2. The summed E-state index contributed by atoms with van der Waals surface area (Å²) in [6, 6.07) is 12.4. The molecule has 0 saturated carbocycles. The van der Waals surface area contributed by atoms with Crippen LogP contribution in [0.2, 0.25) is 0 Å². The molecular weight excluding hydrogens is 299 g/mol. The van der Waals surface area contributed by atoms with Crippen LogP contribution in [0.3, 0.4) is 0 Å². The summed E-state index contributed by atoms with van der Waals surface area (Å²) in [5.74, 6) is 1.39. The van der Waals surface area contributed by atoms with Gasteiger partial charge in [0, 0.05) is 10.5 Å². The van der Waals surface area contributed by atoms with Crippen molar-refractivity contribution in [3.63, 3.8) is 0 Å². The van der Waals surface area contributed by atoms with Crippen molar-refractivity contribution in [2.24, 2.45) is 0 Å². The van der Waals surface area contributed by atoms with Gasteiger partial charge in [-0.15, -0.1) is 11.8 Å². The molecule has 2 aromatic carbocycles. The second-order valence-corrected chi connectivity index (χ2v) is 6.10. The Morgan fingerprint density at radius 2 is 1.86 bits per heavy atom. The van der Waals surface area contributed by atoms with Crippen LogP contribution in [0.4, 0.5) is 4.39 Å². The van der Waals surface area contributed by atoms with E-state index in [2.05, 4.69) is 42.2 Å². The van der Waals surface area contributed by atoms with Crippen LogP contribution in [0.15, 0.2) is 51.9 Å². The number of hydrogen-bond acceptors (Lipinski definition) is 4. The third-order valence-corrected chi connectivity index (χ3v) is 4.42. The van der Waals surface area contributed by atoms with E-state index in [9.17, 15) is 4.39 Å². The standard InChI is InChI=1S/C17H15FN2OS/c1-11-3-8-15(12(2)9-11)22-10-16-19-17(21-20-16)13-4-6-14(18)7-5-13/h3-9H,10H2,1-2H3. The molecule has 0 spiro atoms. The molecule has 5 heteroatoms. The Morgan fingerprint density at radius 3 is 2.59 bits per heavy atom. The lowest BCUT2D eigenvalue weighted by atomic mass is 10.2. The van der Waals surface area contributed by atoms with E-state index in [0.29, 0.717) is 17.5 Å².